The van der Waals surface area contributed by atoms with Gasteiger partial charge in [-0.2, -0.15) is 23.1 Å². The van der Waals surface area contributed by atoms with E-state index in [9.17, 15) is 27.2 Å². The summed E-state index contributed by atoms with van der Waals surface area (Å²) in [4.78, 5) is 41.9. The smallest absolute Gasteiger partial charge is 0.417 e. The van der Waals surface area contributed by atoms with Crippen molar-refractivity contribution in [3.05, 3.63) is 64.2 Å². The van der Waals surface area contributed by atoms with E-state index in [0.29, 0.717) is 32.1 Å². The summed E-state index contributed by atoms with van der Waals surface area (Å²) in [7, 11) is 0. The van der Waals surface area contributed by atoms with Crippen LogP contribution in [0.15, 0.2) is 30.3 Å². The Morgan fingerprint density at radius 1 is 1.08 bits per heavy atom. The number of hydrogen-bond donors (Lipinski definition) is 2. The number of ether oxygens (including phenoxy) is 2. The first-order valence-electron chi connectivity index (χ1n) is 15.6. The Kier molecular flexibility index (Phi) is 7.61. The Hall–Kier alpha value is -5.12. The van der Waals surface area contributed by atoms with Crippen LogP contribution >= 0.6 is 0 Å². The molecule has 2 amide bonds. The number of anilines is 2. The van der Waals surface area contributed by atoms with Gasteiger partial charge in [0.15, 0.2) is 5.82 Å². The molecule has 3 aliphatic heterocycles. The highest BCUT2D eigenvalue weighted by Crippen LogP contribution is 2.48. The molecule has 0 radical (unpaired) electrons. The van der Waals surface area contributed by atoms with Gasteiger partial charge in [-0.1, -0.05) is 19.1 Å². The van der Waals surface area contributed by atoms with E-state index in [2.05, 4.69) is 20.3 Å². The number of halogens is 5. The first-order valence-corrected chi connectivity index (χ1v) is 15.6. The minimum absolute atomic E-state index is 0.0124. The van der Waals surface area contributed by atoms with Crippen molar-refractivity contribution >= 4 is 34.2 Å². The quantitative estimate of drug-likeness (QED) is 0.164. The van der Waals surface area contributed by atoms with Crippen LogP contribution in [0.1, 0.15) is 52.1 Å². The van der Waals surface area contributed by atoms with Crippen LogP contribution < -0.4 is 25.4 Å². The summed E-state index contributed by atoms with van der Waals surface area (Å²) in [6.45, 7) is 5.52. The number of aromatic nitrogens is 3. The molecule has 0 bridgehead atoms. The lowest BCUT2D eigenvalue weighted by molar-refractivity contribution is -0.137. The van der Waals surface area contributed by atoms with Crippen LogP contribution in [0, 0.1) is 18.6 Å². The van der Waals surface area contributed by atoms with Gasteiger partial charge in [-0.15, -0.1) is 0 Å². The lowest BCUT2D eigenvalue weighted by Crippen LogP contribution is -2.67. The number of benzene rings is 2. The average Bonchev–Trinajstić information content (AvgIpc) is 3.25. The third kappa shape index (κ3) is 4.90. The number of imide groups is 1. The minimum Gasteiger partial charge on any atom is -0.471 e. The van der Waals surface area contributed by atoms with Gasteiger partial charge in [-0.05, 0) is 44.0 Å². The van der Waals surface area contributed by atoms with Crippen molar-refractivity contribution in [3.8, 4) is 23.1 Å². The Labute approximate surface area is 276 Å². The number of rotatable bonds is 6. The van der Waals surface area contributed by atoms with Gasteiger partial charge >= 0.3 is 12.2 Å². The number of nitrogens with one attached hydrogen (secondary N) is 1. The van der Waals surface area contributed by atoms with E-state index < -0.39 is 74.9 Å². The number of piperazine rings is 1. The van der Waals surface area contributed by atoms with E-state index in [1.165, 1.54) is 0 Å². The summed E-state index contributed by atoms with van der Waals surface area (Å²) < 4.78 is 86.8. The van der Waals surface area contributed by atoms with Crippen molar-refractivity contribution in [1.29, 1.82) is 0 Å². The number of nitrogens with two attached hydrogens (primary N) is 1. The molecular formula is C33H30F5N7O4. The Balaban J connectivity index is 1.38. The third-order valence-electron chi connectivity index (χ3n) is 9.60. The number of pyridine rings is 1. The van der Waals surface area contributed by atoms with Crippen molar-refractivity contribution < 1.29 is 41.0 Å². The molecule has 256 valence electrons. The van der Waals surface area contributed by atoms with Gasteiger partial charge in [0.1, 0.15) is 40.9 Å². The molecule has 1 saturated heterocycles. The van der Waals surface area contributed by atoms with Crippen molar-refractivity contribution in [2.75, 3.05) is 43.4 Å². The monoisotopic (exact) mass is 683 g/mol. The zero-order valence-electron chi connectivity index (χ0n) is 26.5. The molecule has 0 saturated carbocycles. The summed E-state index contributed by atoms with van der Waals surface area (Å²) in [5.41, 5.74) is 0.556. The van der Waals surface area contributed by atoms with E-state index in [-0.39, 0.29) is 47.4 Å². The second-order valence-corrected chi connectivity index (χ2v) is 12.2. The predicted molar refractivity (Wildman–Crippen MR) is 167 cm³/mol. The maximum atomic E-state index is 16.7. The second kappa shape index (κ2) is 11.5. The maximum absolute atomic E-state index is 16.7. The van der Waals surface area contributed by atoms with Crippen molar-refractivity contribution in [2.45, 2.75) is 45.0 Å². The summed E-state index contributed by atoms with van der Waals surface area (Å²) in [5, 5.41) is 3.36. The van der Waals surface area contributed by atoms with Crippen LogP contribution in [0.5, 0.6) is 11.9 Å². The van der Waals surface area contributed by atoms with Crippen molar-refractivity contribution in [3.63, 3.8) is 0 Å². The number of fused-ring (bicyclic) bond motifs is 3. The Bertz CT molecular complexity index is 2020. The van der Waals surface area contributed by atoms with Crippen LogP contribution in [0.4, 0.5) is 33.5 Å². The number of hydrogen-bond acceptors (Lipinski definition) is 10. The standard InChI is InChI=1S/C33H30F5N7O4/c1-4-32-14-40-9-10-45(32)27-21-26(42-31(43-27)48-12-11-44-29(46)17-7-5-6-8-18(17)30(44)47)24(35)25(41-28(21)49-16(32)3)19-13-20(39)23(34)15(2)22(19)33(36,37)38/h5-8,13,16,40H,4,9-12,14,39H2,1-3H3/t16-,32?/m0/s1. The van der Waals surface area contributed by atoms with Gasteiger partial charge in [0.2, 0.25) is 5.88 Å². The number of nitrogen functional groups attached to an aromatic ring is 1. The molecule has 1 fully saturated rings. The van der Waals surface area contributed by atoms with Gasteiger partial charge in [0.05, 0.1) is 34.5 Å². The molecule has 4 aromatic rings. The summed E-state index contributed by atoms with van der Waals surface area (Å²) >= 11 is 0. The average molecular weight is 684 g/mol. The lowest BCUT2D eigenvalue weighted by atomic mass is 9.86. The first-order chi connectivity index (χ1) is 23.3. The molecule has 2 atom stereocenters. The highest BCUT2D eigenvalue weighted by atomic mass is 19.4. The first kappa shape index (κ1) is 32.4. The van der Waals surface area contributed by atoms with Crippen molar-refractivity contribution in [2.24, 2.45) is 0 Å². The molecule has 1 unspecified atom stereocenters. The van der Waals surface area contributed by atoms with Crippen LogP contribution in [0.3, 0.4) is 0 Å². The molecular weight excluding hydrogens is 653 g/mol. The molecule has 2 aromatic heterocycles. The van der Waals surface area contributed by atoms with Crippen LogP contribution in [-0.4, -0.2) is 76.1 Å². The minimum atomic E-state index is -5.10. The summed E-state index contributed by atoms with van der Waals surface area (Å²) in [5.74, 6) is -3.59. The highest BCUT2D eigenvalue weighted by molar-refractivity contribution is 6.21. The zero-order chi connectivity index (χ0) is 35.0. The van der Waals surface area contributed by atoms with Gasteiger partial charge < -0.3 is 25.4 Å². The number of carbonyl (C=O) groups excluding carboxylic acids is 2. The number of carbonyl (C=O) groups is 2. The molecule has 16 heteroatoms. The van der Waals surface area contributed by atoms with Gasteiger partial charge in [0, 0.05) is 25.2 Å². The topological polar surface area (TPSA) is 136 Å². The normalized spacial score (nSPS) is 20.3. The fraction of sp³-hybridized carbons (Fsp3) is 0.364. The fourth-order valence-electron chi connectivity index (χ4n) is 7.04. The Morgan fingerprint density at radius 3 is 2.43 bits per heavy atom. The van der Waals surface area contributed by atoms with Gasteiger partial charge in [0.25, 0.3) is 11.8 Å². The van der Waals surface area contributed by atoms with E-state index in [0.717, 1.165) is 11.8 Å². The van der Waals surface area contributed by atoms with Gasteiger partial charge in [-0.25, -0.2) is 13.8 Å². The summed E-state index contributed by atoms with van der Waals surface area (Å²) in [6, 6.07) is 6.70. The maximum Gasteiger partial charge on any atom is 0.417 e. The fourth-order valence-corrected chi connectivity index (χ4v) is 7.04. The molecule has 0 spiro atoms. The molecule has 0 aliphatic carbocycles. The zero-order valence-corrected chi connectivity index (χ0v) is 26.5. The number of alkyl halides is 3. The SMILES string of the molecule is CCC12CNCCN1c1nc(OCCN3C(=O)c4ccccc4C3=O)nc3c(F)c(-c4cc(N)c(F)c(C)c4C(F)(F)F)nc(c13)O[C@H]2C. The molecule has 2 aromatic carbocycles. The van der Waals surface area contributed by atoms with Gasteiger partial charge in [-0.3, -0.25) is 14.5 Å². The number of nitrogens with zero attached hydrogens (tertiary/aromatic N) is 5. The van der Waals surface area contributed by atoms with Crippen molar-refractivity contribution in [1.82, 2.24) is 25.2 Å². The molecule has 5 heterocycles. The van der Waals surface area contributed by atoms with Crippen LogP contribution in [0.25, 0.3) is 22.2 Å². The highest BCUT2D eigenvalue weighted by Gasteiger charge is 2.48. The van der Waals surface area contributed by atoms with E-state index in [1.54, 1.807) is 31.2 Å². The molecule has 7 rings (SSSR count). The lowest BCUT2D eigenvalue weighted by Gasteiger charge is -2.49. The molecule has 3 N–H and O–H groups in total. The van der Waals surface area contributed by atoms with E-state index >= 15 is 4.39 Å². The second-order valence-electron chi connectivity index (χ2n) is 12.2. The van der Waals surface area contributed by atoms with E-state index in [1.807, 2.05) is 11.8 Å². The third-order valence-corrected chi connectivity index (χ3v) is 9.60. The number of amides is 2. The summed E-state index contributed by atoms with van der Waals surface area (Å²) in [6.07, 6.45) is -5.21. The van der Waals surface area contributed by atoms with Crippen LogP contribution in [-0.2, 0) is 6.18 Å². The predicted octanol–water partition coefficient (Wildman–Crippen LogP) is 4.89. The van der Waals surface area contributed by atoms with Crippen LogP contribution in [0.2, 0.25) is 0 Å². The molecule has 3 aliphatic rings. The largest absolute Gasteiger partial charge is 0.471 e. The Morgan fingerprint density at radius 2 is 1.78 bits per heavy atom. The molecule has 49 heavy (non-hydrogen) atoms. The van der Waals surface area contributed by atoms with E-state index in [4.69, 9.17) is 15.2 Å². The molecule has 11 nitrogen and oxygen atoms in total.